The SMILES string of the molecule is Cc1ccc(OCc2ccc(C(=O)N/N=C\c3ccccc3O)cc2)cc1. The minimum absolute atomic E-state index is 0.105. The lowest BCUT2D eigenvalue weighted by atomic mass is 10.1. The number of hydrogen-bond acceptors (Lipinski definition) is 4. The third kappa shape index (κ3) is 5.19. The van der Waals surface area contributed by atoms with Gasteiger partial charge in [-0.2, -0.15) is 5.10 Å². The highest BCUT2D eigenvalue weighted by atomic mass is 16.5. The zero-order valence-electron chi connectivity index (χ0n) is 14.9. The van der Waals surface area contributed by atoms with Crippen molar-refractivity contribution >= 4 is 12.1 Å². The number of para-hydroxylation sites is 1. The Balaban J connectivity index is 1.54. The Morgan fingerprint density at radius 2 is 1.74 bits per heavy atom. The monoisotopic (exact) mass is 360 g/mol. The molecular weight excluding hydrogens is 340 g/mol. The highest BCUT2D eigenvalue weighted by molar-refractivity contribution is 5.95. The summed E-state index contributed by atoms with van der Waals surface area (Å²) in [6.07, 6.45) is 1.40. The summed E-state index contributed by atoms with van der Waals surface area (Å²) >= 11 is 0. The summed E-state index contributed by atoms with van der Waals surface area (Å²) in [4.78, 5) is 12.1. The number of carbonyl (C=O) groups excluding carboxylic acids is 1. The van der Waals surface area contributed by atoms with Crippen LogP contribution in [0.5, 0.6) is 11.5 Å². The van der Waals surface area contributed by atoms with E-state index in [-0.39, 0.29) is 11.7 Å². The van der Waals surface area contributed by atoms with Crippen LogP contribution in [0, 0.1) is 6.92 Å². The Kier molecular flexibility index (Phi) is 5.84. The highest BCUT2D eigenvalue weighted by Gasteiger charge is 2.05. The molecule has 0 saturated carbocycles. The van der Waals surface area contributed by atoms with Crippen LogP contribution in [0.3, 0.4) is 0 Å². The number of aromatic hydroxyl groups is 1. The van der Waals surface area contributed by atoms with E-state index in [1.54, 1.807) is 36.4 Å². The van der Waals surface area contributed by atoms with Crippen LogP contribution >= 0.6 is 0 Å². The zero-order chi connectivity index (χ0) is 19.1. The molecule has 136 valence electrons. The van der Waals surface area contributed by atoms with Gasteiger partial charge in [0.05, 0.1) is 6.21 Å². The third-order valence-electron chi connectivity index (χ3n) is 3.95. The smallest absolute Gasteiger partial charge is 0.271 e. The number of ether oxygens (including phenoxy) is 1. The summed E-state index contributed by atoms with van der Waals surface area (Å²) in [6.45, 7) is 2.45. The van der Waals surface area contributed by atoms with Gasteiger partial charge in [-0.3, -0.25) is 4.79 Å². The van der Waals surface area contributed by atoms with E-state index in [1.807, 2.05) is 43.3 Å². The average Bonchev–Trinajstić information content (AvgIpc) is 2.69. The molecule has 3 aromatic rings. The number of hydrogen-bond donors (Lipinski definition) is 2. The molecule has 0 fully saturated rings. The van der Waals surface area contributed by atoms with Crippen molar-refractivity contribution in [1.82, 2.24) is 5.43 Å². The number of aryl methyl sites for hydroxylation is 1. The Labute approximate surface area is 157 Å². The Hall–Kier alpha value is -3.60. The second-order valence-electron chi connectivity index (χ2n) is 6.06. The molecular formula is C22H20N2O3. The fourth-order valence-corrected chi connectivity index (χ4v) is 2.38. The van der Waals surface area contributed by atoms with Gasteiger partial charge in [-0.25, -0.2) is 5.43 Å². The van der Waals surface area contributed by atoms with E-state index in [0.29, 0.717) is 17.7 Å². The highest BCUT2D eigenvalue weighted by Crippen LogP contribution is 2.14. The normalized spacial score (nSPS) is 10.7. The number of nitrogens with zero attached hydrogens (tertiary/aromatic N) is 1. The number of carbonyl (C=O) groups is 1. The van der Waals surface area contributed by atoms with Crippen LogP contribution in [0.15, 0.2) is 77.9 Å². The second kappa shape index (κ2) is 8.67. The molecule has 0 spiro atoms. The summed E-state index contributed by atoms with van der Waals surface area (Å²) in [5, 5.41) is 13.5. The van der Waals surface area contributed by atoms with Crippen molar-refractivity contribution < 1.29 is 14.6 Å². The molecule has 27 heavy (non-hydrogen) atoms. The summed E-state index contributed by atoms with van der Waals surface area (Å²) < 4.78 is 5.72. The maximum Gasteiger partial charge on any atom is 0.271 e. The van der Waals surface area contributed by atoms with Crippen molar-refractivity contribution in [3.05, 3.63) is 95.1 Å². The number of hydrazone groups is 1. The summed E-state index contributed by atoms with van der Waals surface area (Å²) in [6, 6.07) is 21.7. The molecule has 5 heteroatoms. The van der Waals surface area contributed by atoms with Crippen molar-refractivity contribution in [3.8, 4) is 11.5 Å². The van der Waals surface area contributed by atoms with Gasteiger partial charge in [0.1, 0.15) is 18.1 Å². The number of phenolic OH excluding ortho intramolecular Hbond substituents is 1. The minimum Gasteiger partial charge on any atom is -0.507 e. The van der Waals surface area contributed by atoms with Gasteiger partial charge in [-0.1, -0.05) is 42.0 Å². The number of nitrogens with one attached hydrogen (secondary N) is 1. The Morgan fingerprint density at radius 3 is 2.44 bits per heavy atom. The fourth-order valence-electron chi connectivity index (χ4n) is 2.38. The van der Waals surface area contributed by atoms with Crippen LogP contribution in [0.2, 0.25) is 0 Å². The van der Waals surface area contributed by atoms with Crippen LogP contribution in [-0.4, -0.2) is 17.2 Å². The molecule has 3 aromatic carbocycles. The molecule has 2 N–H and O–H groups in total. The van der Waals surface area contributed by atoms with Crippen molar-refractivity contribution in [1.29, 1.82) is 0 Å². The molecule has 0 unspecified atom stereocenters. The van der Waals surface area contributed by atoms with Crippen LogP contribution in [0.25, 0.3) is 0 Å². The van der Waals surface area contributed by atoms with Crippen LogP contribution in [-0.2, 0) is 6.61 Å². The number of rotatable bonds is 6. The fraction of sp³-hybridized carbons (Fsp3) is 0.0909. The second-order valence-corrected chi connectivity index (χ2v) is 6.06. The molecule has 0 aromatic heterocycles. The summed E-state index contributed by atoms with van der Waals surface area (Å²) in [5.41, 5.74) is 5.61. The van der Waals surface area contributed by atoms with Gasteiger partial charge in [0, 0.05) is 11.1 Å². The predicted molar refractivity (Wildman–Crippen MR) is 105 cm³/mol. The van der Waals surface area contributed by atoms with Gasteiger partial charge in [0.15, 0.2) is 0 Å². The van der Waals surface area contributed by atoms with Crippen molar-refractivity contribution in [3.63, 3.8) is 0 Å². The molecule has 1 amide bonds. The molecule has 0 aliphatic rings. The summed E-state index contributed by atoms with van der Waals surface area (Å²) in [7, 11) is 0. The maximum absolute atomic E-state index is 12.1. The predicted octanol–water partition coefficient (Wildman–Crippen LogP) is 4.04. The lowest BCUT2D eigenvalue weighted by molar-refractivity contribution is 0.0955. The van der Waals surface area contributed by atoms with E-state index in [9.17, 15) is 9.90 Å². The first-order chi connectivity index (χ1) is 13.1. The first-order valence-electron chi connectivity index (χ1n) is 8.51. The minimum atomic E-state index is -0.326. The topological polar surface area (TPSA) is 70.9 Å². The molecule has 0 aliphatic carbocycles. The number of benzene rings is 3. The molecule has 0 atom stereocenters. The number of phenols is 1. The van der Waals surface area contributed by atoms with Gasteiger partial charge >= 0.3 is 0 Å². The zero-order valence-corrected chi connectivity index (χ0v) is 14.9. The van der Waals surface area contributed by atoms with Gasteiger partial charge in [-0.05, 0) is 48.9 Å². The molecule has 3 rings (SSSR count). The van der Waals surface area contributed by atoms with Gasteiger partial charge < -0.3 is 9.84 Å². The van der Waals surface area contributed by atoms with Gasteiger partial charge in [0.25, 0.3) is 5.91 Å². The molecule has 0 bridgehead atoms. The molecule has 0 saturated heterocycles. The van der Waals surface area contributed by atoms with Crippen LogP contribution in [0.4, 0.5) is 0 Å². The largest absolute Gasteiger partial charge is 0.507 e. The standard InChI is InChI=1S/C22H20N2O3/c1-16-6-12-20(13-7-16)27-15-17-8-10-18(11-9-17)22(26)24-23-14-19-4-2-3-5-21(19)25/h2-14,25H,15H2,1H3,(H,24,26)/b23-14-. The lowest BCUT2D eigenvalue weighted by Gasteiger charge is -2.07. The van der Waals surface area contributed by atoms with Crippen molar-refractivity contribution in [2.45, 2.75) is 13.5 Å². The van der Waals surface area contributed by atoms with E-state index in [1.165, 1.54) is 11.8 Å². The molecule has 0 heterocycles. The average molecular weight is 360 g/mol. The van der Waals surface area contributed by atoms with E-state index in [4.69, 9.17) is 4.74 Å². The first kappa shape index (κ1) is 18.2. The molecule has 0 aliphatic heterocycles. The Bertz CT molecular complexity index is 933. The van der Waals surface area contributed by atoms with E-state index in [2.05, 4.69) is 10.5 Å². The molecule has 5 nitrogen and oxygen atoms in total. The van der Waals surface area contributed by atoms with Crippen molar-refractivity contribution in [2.24, 2.45) is 5.10 Å². The van der Waals surface area contributed by atoms with Crippen LogP contribution < -0.4 is 10.2 Å². The maximum atomic E-state index is 12.1. The van der Waals surface area contributed by atoms with Gasteiger partial charge in [-0.15, -0.1) is 0 Å². The van der Waals surface area contributed by atoms with E-state index >= 15 is 0 Å². The summed E-state index contributed by atoms with van der Waals surface area (Å²) in [5.74, 6) is 0.585. The molecule has 0 radical (unpaired) electrons. The van der Waals surface area contributed by atoms with E-state index in [0.717, 1.165) is 11.3 Å². The van der Waals surface area contributed by atoms with Gasteiger partial charge in [0.2, 0.25) is 0 Å². The van der Waals surface area contributed by atoms with Crippen molar-refractivity contribution in [2.75, 3.05) is 0 Å². The quantitative estimate of drug-likeness (QED) is 0.515. The Morgan fingerprint density at radius 1 is 1.04 bits per heavy atom. The van der Waals surface area contributed by atoms with Crippen LogP contribution in [0.1, 0.15) is 27.0 Å². The lowest BCUT2D eigenvalue weighted by Crippen LogP contribution is -2.17. The number of amides is 1. The van der Waals surface area contributed by atoms with E-state index < -0.39 is 0 Å². The third-order valence-corrected chi connectivity index (χ3v) is 3.95. The first-order valence-corrected chi connectivity index (χ1v) is 8.51.